The van der Waals surface area contributed by atoms with Crippen molar-refractivity contribution in [2.45, 2.75) is 0 Å². The van der Waals surface area contributed by atoms with E-state index in [1.54, 1.807) is 0 Å². The Labute approximate surface area is 94.9 Å². The highest BCUT2D eigenvalue weighted by molar-refractivity contribution is 7.60. The summed E-state index contributed by atoms with van der Waals surface area (Å²) in [4.78, 5) is 39.3. The zero-order chi connectivity index (χ0) is 12.8. The van der Waals surface area contributed by atoms with Gasteiger partial charge in [0.15, 0.2) is 5.44 Å². The Bertz CT molecular complexity index is 648. The summed E-state index contributed by atoms with van der Waals surface area (Å²) in [6.45, 7) is 0. The highest BCUT2D eigenvalue weighted by atomic mass is 31.2. The molecule has 2 aromatic heterocycles. The van der Waals surface area contributed by atoms with Crippen LogP contribution in [0.3, 0.4) is 0 Å². The average molecular weight is 278 g/mol. The van der Waals surface area contributed by atoms with E-state index >= 15 is 0 Å². The second-order valence-electron chi connectivity index (χ2n) is 3.34. The van der Waals surface area contributed by atoms with Gasteiger partial charge in [0, 0.05) is 12.4 Å². The standard InChI is InChI=1S/C7H8N2O6P2/c10-16(11,12)5-1-2-6-8-7(17(13,14)15)4-9(6)3-5/h1-4H,(H2,10,11,12)(H2,13,14,15). The van der Waals surface area contributed by atoms with Gasteiger partial charge in [-0.05, 0) is 12.1 Å². The van der Waals surface area contributed by atoms with Crippen LogP contribution in [0.4, 0.5) is 0 Å². The number of nitrogens with zero attached hydrogens (tertiary/aromatic N) is 2. The fourth-order valence-corrected chi connectivity index (χ4v) is 2.33. The highest BCUT2D eigenvalue weighted by Gasteiger charge is 2.23. The molecule has 0 aliphatic carbocycles. The Morgan fingerprint density at radius 3 is 2.18 bits per heavy atom. The van der Waals surface area contributed by atoms with E-state index in [2.05, 4.69) is 4.98 Å². The monoisotopic (exact) mass is 278 g/mol. The molecular weight excluding hydrogens is 270 g/mol. The van der Waals surface area contributed by atoms with Crippen LogP contribution in [-0.4, -0.2) is 29.0 Å². The zero-order valence-electron chi connectivity index (χ0n) is 8.20. The molecular formula is C7H8N2O6P2. The molecule has 0 spiro atoms. The molecule has 0 saturated carbocycles. The van der Waals surface area contributed by atoms with Crippen LogP contribution in [0.5, 0.6) is 0 Å². The Kier molecular flexibility index (Phi) is 2.74. The van der Waals surface area contributed by atoms with Gasteiger partial charge >= 0.3 is 15.2 Å². The smallest absolute Gasteiger partial charge is 0.321 e. The lowest BCUT2D eigenvalue weighted by Gasteiger charge is -2.03. The van der Waals surface area contributed by atoms with Crippen molar-refractivity contribution in [1.29, 1.82) is 0 Å². The van der Waals surface area contributed by atoms with Crippen LogP contribution in [0, 0.1) is 0 Å². The number of rotatable bonds is 2. The molecule has 0 atom stereocenters. The lowest BCUT2D eigenvalue weighted by Crippen LogP contribution is -2.05. The van der Waals surface area contributed by atoms with Gasteiger partial charge in [0.2, 0.25) is 0 Å². The van der Waals surface area contributed by atoms with E-state index < -0.39 is 20.6 Å². The van der Waals surface area contributed by atoms with Crippen molar-refractivity contribution in [1.82, 2.24) is 9.38 Å². The number of hydrogen-bond donors (Lipinski definition) is 4. The lowest BCUT2D eigenvalue weighted by molar-refractivity contribution is 0.385. The molecule has 0 bridgehead atoms. The van der Waals surface area contributed by atoms with E-state index in [0.717, 1.165) is 22.9 Å². The maximum Gasteiger partial charge on any atom is 0.376 e. The van der Waals surface area contributed by atoms with Crippen LogP contribution in [0.25, 0.3) is 5.65 Å². The molecule has 2 rings (SSSR count). The zero-order valence-corrected chi connectivity index (χ0v) is 9.99. The molecule has 0 saturated heterocycles. The molecule has 0 aliphatic rings. The first kappa shape index (κ1) is 12.4. The van der Waals surface area contributed by atoms with Crippen molar-refractivity contribution in [3.8, 4) is 0 Å². The predicted molar refractivity (Wildman–Crippen MR) is 58.5 cm³/mol. The van der Waals surface area contributed by atoms with Gasteiger partial charge in [0.05, 0.1) is 5.30 Å². The Morgan fingerprint density at radius 1 is 1.00 bits per heavy atom. The normalized spacial score (nSPS) is 13.2. The average Bonchev–Trinajstić information content (AvgIpc) is 2.57. The molecule has 10 heteroatoms. The molecule has 8 nitrogen and oxygen atoms in total. The van der Waals surface area contributed by atoms with Gasteiger partial charge in [0.1, 0.15) is 5.65 Å². The number of hydrogen-bond acceptors (Lipinski definition) is 3. The van der Waals surface area contributed by atoms with Crippen molar-refractivity contribution in [2.24, 2.45) is 0 Å². The van der Waals surface area contributed by atoms with Crippen molar-refractivity contribution >= 4 is 31.6 Å². The molecule has 0 radical (unpaired) electrons. The van der Waals surface area contributed by atoms with Gasteiger partial charge in [-0.3, -0.25) is 9.13 Å². The SMILES string of the molecule is O=P(O)(O)c1ccc2nc(P(=O)(O)O)cn2c1. The molecule has 0 aliphatic heterocycles. The summed E-state index contributed by atoms with van der Waals surface area (Å²) in [7, 11) is -8.87. The van der Waals surface area contributed by atoms with Crippen LogP contribution in [0.1, 0.15) is 0 Å². The van der Waals surface area contributed by atoms with Gasteiger partial charge in [0.25, 0.3) is 0 Å². The van der Waals surface area contributed by atoms with Gasteiger partial charge in [-0.25, -0.2) is 4.98 Å². The fourth-order valence-electron chi connectivity index (χ4n) is 1.28. The molecule has 0 amide bonds. The van der Waals surface area contributed by atoms with E-state index in [1.165, 1.54) is 6.07 Å². The number of imidazole rings is 1. The topological polar surface area (TPSA) is 132 Å². The van der Waals surface area contributed by atoms with Gasteiger partial charge in [-0.1, -0.05) is 0 Å². The van der Waals surface area contributed by atoms with Crippen LogP contribution in [-0.2, 0) is 9.13 Å². The number of pyridine rings is 1. The van der Waals surface area contributed by atoms with Crippen molar-refractivity contribution < 1.29 is 28.7 Å². The molecule has 2 aromatic rings. The van der Waals surface area contributed by atoms with Gasteiger partial charge in [-0.15, -0.1) is 0 Å². The van der Waals surface area contributed by atoms with E-state index in [0.29, 0.717) is 0 Å². The molecule has 92 valence electrons. The molecule has 4 N–H and O–H groups in total. The Hall–Kier alpha value is -1.01. The van der Waals surface area contributed by atoms with Crippen LogP contribution < -0.4 is 10.7 Å². The van der Waals surface area contributed by atoms with E-state index in [1.807, 2.05) is 0 Å². The molecule has 0 fully saturated rings. The van der Waals surface area contributed by atoms with Crippen molar-refractivity contribution in [2.75, 3.05) is 0 Å². The van der Waals surface area contributed by atoms with Crippen LogP contribution in [0.2, 0.25) is 0 Å². The maximum atomic E-state index is 11.0. The minimum absolute atomic E-state index is 0.195. The first-order valence-corrected chi connectivity index (χ1v) is 7.51. The Balaban J connectivity index is 2.64. The van der Waals surface area contributed by atoms with Crippen LogP contribution in [0.15, 0.2) is 24.5 Å². The van der Waals surface area contributed by atoms with Crippen molar-refractivity contribution in [3.05, 3.63) is 24.5 Å². The summed E-state index contributed by atoms with van der Waals surface area (Å²) in [6, 6.07) is 2.43. The highest BCUT2D eigenvalue weighted by Crippen LogP contribution is 2.34. The number of fused-ring (bicyclic) bond motifs is 1. The fraction of sp³-hybridized carbons (Fsp3) is 0. The summed E-state index contributed by atoms with van der Waals surface area (Å²) in [5.41, 5.74) is -0.249. The quantitative estimate of drug-likeness (QED) is 0.514. The molecule has 2 heterocycles. The maximum absolute atomic E-state index is 11.0. The van der Waals surface area contributed by atoms with E-state index in [-0.39, 0.29) is 11.0 Å². The lowest BCUT2D eigenvalue weighted by atomic mass is 10.5. The largest absolute Gasteiger partial charge is 0.376 e. The summed E-state index contributed by atoms with van der Waals surface area (Å²) in [6.07, 6.45) is 2.12. The number of aromatic nitrogens is 2. The molecule has 0 aromatic carbocycles. The van der Waals surface area contributed by atoms with E-state index in [9.17, 15) is 9.13 Å². The third kappa shape index (κ3) is 2.47. The predicted octanol–water partition coefficient (Wildman–Crippen LogP) is -1.06. The summed E-state index contributed by atoms with van der Waals surface area (Å²) in [5, 5.41) is -0.250. The minimum atomic E-state index is -4.47. The molecule has 0 unspecified atom stereocenters. The Morgan fingerprint density at radius 2 is 1.65 bits per heavy atom. The second-order valence-corrected chi connectivity index (χ2v) is 6.49. The minimum Gasteiger partial charge on any atom is -0.321 e. The third-order valence-corrected chi connectivity index (χ3v) is 3.81. The summed E-state index contributed by atoms with van der Waals surface area (Å²) in [5.74, 6) is 0. The summed E-state index contributed by atoms with van der Waals surface area (Å²) < 4.78 is 23.1. The van der Waals surface area contributed by atoms with Crippen molar-refractivity contribution in [3.63, 3.8) is 0 Å². The third-order valence-electron chi connectivity index (χ3n) is 2.06. The first-order valence-electron chi connectivity index (χ1n) is 4.29. The van der Waals surface area contributed by atoms with Gasteiger partial charge in [-0.2, -0.15) is 0 Å². The summed E-state index contributed by atoms with van der Waals surface area (Å²) >= 11 is 0. The second kappa shape index (κ2) is 3.74. The van der Waals surface area contributed by atoms with Gasteiger partial charge < -0.3 is 24.0 Å². The molecule has 17 heavy (non-hydrogen) atoms. The van der Waals surface area contributed by atoms with E-state index in [4.69, 9.17) is 19.6 Å². The first-order chi connectivity index (χ1) is 7.68. The van der Waals surface area contributed by atoms with Crippen LogP contribution >= 0.6 is 15.2 Å².